The maximum Gasteiger partial charge on any atom is 0.251 e. The van der Waals surface area contributed by atoms with E-state index < -0.39 is 0 Å². The van der Waals surface area contributed by atoms with E-state index in [9.17, 15) is 14.4 Å². The number of aromatic nitrogens is 2. The Kier molecular flexibility index (Phi) is 7.40. The van der Waals surface area contributed by atoms with E-state index in [0.29, 0.717) is 25.5 Å². The molecule has 1 aromatic heterocycles. The Balaban J connectivity index is 1.42. The van der Waals surface area contributed by atoms with Crippen molar-refractivity contribution in [3.63, 3.8) is 0 Å². The molecular formula is C24H34N4O4. The normalized spacial score (nSPS) is 24.5. The van der Waals surface area contributed by atoms with E-state index in [2.05, 4.69) is 17.1 Å². The summed E-state index contributed by atoms with van der Waals surface area (Å²) >= 11 is 0. The number of piperidine rings is 2. The standard InChI is InChI=1S/C24H34N4O4/c1-32-16-22(30)27-12-9-17(10-13-27)23-25-20(14-21(29)26-23)19-8-5-11-28(15-19)24(31)18-6-3-2-4-7-18/h2-3,14,17-19H,4-13,15-16H2,1H3,(H,25,26,29)/t18-,19-/m1/s1. The molecular weight excluding hydrogens is 408 g/mol. The lowest BCUT2D eigenvalue weighted by Crippen LogP contribution is -2.43. The Morgan fingerprint density at radius 3 is 2.62 bits per heavy atom. The molecule has 1 aromatic rings. The molecule has 0 bridgehead atoms. The molecule has 2 aliphatic heterocycles. The van der Waals surface area contributed by atoms with Crippen LogP contribution in [0.2, 0.25) is 0 Å². The summed E-state index contributed by atoms with van der Waals surface area (Å²) in [6.07, 6.45) is 10.4. The number of hydrogen-bond acceptors (Lipinski definition) is 5. The number of H-pyrrole nitrogens is 1. The van der Waals surface area contributed by atoms with Crippen molar-refractivity contribution in [2.75, 3.05) is 39.9 Å². The number of nitrogens with zero attached hydrogens (tertiary/aromatic N) is 3. The van der Waals surface area contributed by atoms with Crippen LogP contribution in [0.4, 0.5) is 0 Å². The molecule has 2 amide bonds. The maximum absolute atomic E-state index is 13.0. The summed E-state index contributed by atoms with van der Waals surface area (Å²) in [7, 11) is 1.52. The van der Waals surface area contributed by atoms with E-state index in [4.69, 9.17) is 9.72 Å². The molecule has 3 aliphatic rings. The highest BCUT2D eigenvalue weighted by molar-refractivity contribution is 5.79. The molecule has 2 atom stereocenters. The second-order valence-electron chi connectivity index (χ2n) is 9.25. The molecule has 8 heteroatoms. The molecule has 32 heavy (non-hydrogen) atoms. The minimum Gasteiger partial charge on any atom is -0.375 e. The molecule has 174 valence electrons. The second kappa shape index (κ2) is 10.4. The minimum atomic E-state index is -0.135. The highest BCUT2D eigenvalue weighted by atomic mass is 16.5. The van der Waals surface area contributed by atoms with Gasteiger partial charge in [-0.2, -0.15) is 0 Å². The van der Waals surface area contributed by atoms with Gasteiger partial charge >= 0.3 is 0 Å². The summed E-state index contributed by atoms with van der Waals surface area (Å²) in [6.45, 7) is 2.81. The number of carbonyl (C=O) groups is 2. The SMILES string of the molecule is COCC(=O)N1CCC(c2nc([C@@H]3CCCN(C(=O)[C@@H]4CC=CCC4)C3)cc(=O)[nH]2)CC1. The molecule has 2 saturated heterocycles. The van der Waals surface area contributed by atoms with Gasteiger partial charge in [-0.1, -0.05) is 12.2 Å². The van der Waals surface area contributed by atoms with Gasteiger partial charge < -0.3 is 19.5 Å². The van der Waals surface area contributed by atoms with Crippen molar-refractivity contribution in [3.05, 3.63) is 40.1 Å². The average Bonchev–Trinajstić information content (AvgIpc) is 2.84. The van der Waals surface area contributed by atoms with E-state index in [-0.39, 0.29) is 41.7 Å². The summed E-state index contributed by atoms with van der Waals surface area (Å²) in [6, 6.07) is 1.60. The quantitative estimate of drug-likeness (QED) is 0.706. The average molecular weight is 443 g/mol. The van der Waals surface area contributed by atoms with Crippen LogP contribution in [0.3, 0.4) is 0 Å². The molecule has 1 N–H and O–H groups in total. The van der Waals surface area contributed by atoms with Crippen molar-refractivity contribution in [1.29, 1.82) is 0 Å². The highest BCUT2D eigenvalue weighted by Crippen LogP contribution is 2.30. The van der Waals surface area contributed by atoms with Crippen molar-refractivity contribution < 1.29 is 14.3 Å². The first-order valence-electron chi connectivity index (χ1n) is 11.9. The zero-order valence-corrected chi connectivity index (χ0v) is 18.9. The Labute approximate surface area is 189 Å². The van der Waals surface area contributed by atoms with Gasteiger partial charge in [-0.15, -0.1) is 0 Å². The molecule has 4 rings (SSSR count). The Hall–Kier alpha value is -2.48. The summed E-state index contributed by atoms with van der Waals surface area (Å²) in [5.74, 6) is 1.28. The fourth-order valence-electron chi connectivity index (χ4n) is 5.21. The van der Waals surface area contributed by atoms with Crippen LogP contribution >= 0.6 is 0 Å². The summed E-state index contributed by atoms with van der Waals surface area (Å²) in [4.78, 5) is 49.1. The van der Waals surface area contributed by atoms with Crippen LogP contribution in [-0.4, -0.2) is 71.5 Å². The Morgan fingerprint density at radius 1 is 1.09 bits per heavy atom. The Morgan fingerprint density at radius 2 is 1.91 bits per heavy atom. The van der Waals surface area contributed by atoms with Gasteiger partial charge in [-0.25, -0.2) is 4.98 Å². The zero-order chi connectivity index (χ0) is 22.5. The van der Waals surface area contributed by atoms with Gasteiger partial charge in [0.2, 0.25) is 11.8 Å². The lowest BCUT2D eigenvalue weighted by molar-refractivity contribution is -0.137. The van der Waals surface area contributed by atoms with Gasteiger partial charge in [0.1, 0.15) is 12.4 Å². The molecule has 0 unspecified atom stereocenters. The monoisotopic (exact) mass is 442 g/mol. The first-order valence-corrected chi connectivity index (χ1v) is 11.9. The maximum atomic E-state index is 13.0. The van der Waals surface area contributed by atoms with Gasteiger partial charge in [0.05, 0.1) is 5.69 Å². The van der Waals surface area contributed by atoms with Crippen molar-refractivity contribution >= 4 is 11.8 Å². The fraction of sp³-hybridized carbons (Fsp3) is 0.667. The topological polar surface area (TPSA) is 95.6 Å². The fourth-order valence-corrected chi connectivity index (χ4v) is 5.21. The number of aromatic amines is 1. The van der Waals surface area contributed by atoms with E-state index in [0.717, 1.165) is 57.2 Å². The van der Waals surface area contributed by atoms with Crippen molar-refractivity contribution in [3.8, 4) is 0 Å². The third-order valence-electron chi connectivity index (χ3n) is 7.05. The number of likely N-dealkylation sites (tertiary alicyclic amines) is 2. The lowest BCUT2D eigenvalue weighted by atomic mass is 9.89. The summed E-state index contributed by atoms with van der Waals surface area (Å²) < 4.78 is 4.95. The van der Waals surface area contributed by atoms with Gasteiger partial charge in [0.25, 0.3) is 5.56 Å². The molecule has 2 fully saturated rings. The summed E-state index contributed by atoms with van der Waals surface area (Å²) in [5, 5.41) is 0. The van der Waals surface area contributed by atoms with E-state index >= 15 is 0 Å². The van der Waals surface area contributed by atoms with Gasteiger partial charge in [0, 0.05) is 57.1 Å². The predicted molar refractivity (Wildman–Crippen MR) is 120 cm³/mol. The van der Waals surface area contributed by atoms with Crippen LogP contribution in [0.1, 0.15) is 68.3 Å². The number of hydrogen-bond donors (Lipinski definition) is 1. The second-order valence-corrected chi connectivity index (χ2v) is 9.25. The van der Waals surface area contributed by atoms with Crippen molar-refractivity contribution in [1.82, 2.24) is 19.8 Å². The molecule has 3 heterocycles. The predicted octanol–water partition coefficient (Wildman–Crippen LogP) is 2.18. The minimum absolute atomic E-state index is 0.00146. The highest BCUT2D eigenvalue weighted by Gasteiger charge is 2.31. The number of carbonyl (C=O) groups excluding carboxylic acids is 2. The molecule has 0 radical (unpaired) electrons. The van der Waals surface area contributed by atoms with Gasteiger partial charge in [-0.05, 0) is 44.9 Å². The summed E-state index contributed by atoms with van der Waals surface area (Å²) in [5.41, 5.74) is 0.659. The molecule has 1 aliphatic carbocycles. The van der Waals surface area contributed by atoms with E-state index in [1.165, 1.54) is 7.11 Å². The molecule has 0 spiro atoms. The van der Waals surface area contributed by atoms with Crippen LogP contribution in [0.25, 0.3) is 0 Å². The smallest absolute Gasteiger partial charge is 0.251 e. The van der Waals surface area contributed by atoms with E-state index in [1.807, 2.05) is 9.80 Å². The zero-order valence-electron chi connectivity index (χ0n) is 18.9. The third-order valence-corrected chi connectivity index (χ3v) is 7.05. The number of nitrogens with one attached hydrogen (secondary N) is 1. The van der Waals surface area contributed by atoms with Crippen molar-refractivity contribution in [2.24, 2.45) is 5.92 Å². The number of methoxy groups -OCH3 is 1. The van der Waals surface area contributed by atoms with Crippen LogP contribution in [-0.2, 0) is 14.3 Å². The van der Waals surface area contributed by atoms with Crippen molar-refractivity contribution in [2.45, 2.75) is 56.8 Å². The number of rotatable bonds is 5. The molecule has 8 nitrogen and oxygen atoms in total. The molecule has 0 aromatic carbocycles. The lowest BCUT2D eigenvalue weighted by Gasteiger charge is -2.35. The first-order chi connectivity index (χ1) is 15.5. The van der Waals surface area contributed by atoms with Crippen LogP contribution in [0.5, 0.6) is 0 Å². The first kappa shape index (κ1) is 22.7. The third kappa shape index (κ3) is 5.28. The number of ether oxygens (including phenoxy) is 1. The van der Waals surface area contributed by atoms with Gasteiger partial charge in [0.15, 0.2) is 0 Å². The van der Waals surface area contributed by atoms with Crippen LogP contribution in [0.15, 0.2) is 23.0 Å². The number of amides is 2. The molecule has 0 saturated carbocycles. The van der Waals surface area contributed by atoms with Crippen LogP contribution in [0, 0.1) is 5.92 Å². The largest absolute Gasteiger partial charge is 0.375 e. The van der Waals surface area contributed by atoms with Gasteiger partial charge in [-0.3, -0.25) is 14.4 Å². The Bertz CT molecular complexity index is 904. The number of allylic oxidation sites excluding steroid dienone is 2. The van der Waals surface area contributed by atoms with E-state index in [1.54, 1.807) is 6.07 Å². The van der Waals surface area contributed by atoms with Crippen LogP contribution < -0.4 is 5.56 Å².